The number of rotatable bonds is 6. The second-order valence-electron chi connectivity index (χ2n) is 7.14. The third-order valence-electron chi connectivity index (χ3n) is 5.14. The highest BCUT2D eigenvalue weighted by atomic mass is 32.2. The molecule has 4 rings (SSSR count). The van der Waals surface area contributed by atoms with Crippen LogP contribution in [0, 0.1) is 0 Å². The highest BCUT2D eigenvalue weighted by molar-refractivity contribution is 8.00. The molecule has 0 aliphatic carbocycles. The zero-order chi connectivity index (χ0) is 20.2. The van der Waals surface area contributed by atoms with Crippen LogP contribution in [0.5, 0.6) is 0 Å². The molecule has 1 atom stereocenters. The number of carbonyl (C=O) groups is 2. The predicted molar refractivity (Wildman–Crippen MR) is 117 cm³/mol. The van der Waals surface area contributed by atoms with E-state index in [4.69, 9.17) is 4.42 Å². The summed E-state index contributed by atoms with van der Waals surface area (Å²) in [6.07, 6.45) is 2.23. The van der Waals surface area contributed by atoms with Crippen molar-refractivity contribution in [1.82, 2.24) is 10.2 Å². The van der Waals surface area contributed by atoms with E-state index in [-0.39, 0.29) is 17.9 Å². The molecule has 3 aromatic rings. The molecule has 3 heterocycles. The molecular weight excluding hydrogens is 404 g/mol. The standard InChI is InChI=1S/C22H24N2O3S2/c1-2-19(25)23-15-7-5-11-24(13-15)22(26)21-17(14-29-20-10-6-12-28-20)16-8-3-4-9-18(16)27-21/h3-4,6,8-10,12,15H,2,5,7,11,13-14H2,1H3,(H,23,25). The van der Waals surface area contributed by atoms with Crippen molar-refractivity contribution in [3.63, 3.8) is 0 Å². The Bertz CT molecular complexity index is 997. The minimum atomic E-state index is -0.0848. The van der Waals surface area contributed by atoms with Gasteiger partial charge in [0.2, 0.25) is 5.91 Å². The Morgan fingerprint density at radius 3 is 2.93 bits per heavy atom. The zero-order valence-corrected chi connectivity index (χ0v) is 18.0. The highest BCUT2D eigenvalue weighted by Crippen LogP contribution is 2.34. The van der Waals surface area contributed by atoms with Crippen LogP contribution in [0.3, 0.4) is 0 Å². The highest BCUT2D eigenvalue weighted by Gasteiger charge is 2.29. The van der Waals surface area contributed by atoms with Crippen LogP contribution in [-0.4, -0.2) is 35.8 Å². The minimum absolute atomic E-state index is 0.00784. The first kappa shape index (κ1) is 20.0. The van der Waals surface area contributed by atoms with E-state index in [0.717, 1.165) is 29.4 Å². The fourth-order valence-electron chi connectivity index (χ4n) is 3.66. The first-order valence-corrected chi connectivity index (χ1v) is 11.8. The van der Waals surface area contributed by atoms with Gasteiger partial charge in [0, 0.05) is 42.3 Å². The summed E-state index contributed by atoms with van der Waals surface area (Å²) in [7, 11) is 0. The second kappa shape index (κ2) is 9.05. The number of hydrogen-bond donors (Lipinski definition) is 1. The van der Waals surface area contributed by atoms with Crippen LogP contribution in [0.15, 0.2) is 50.4 Å². The molecule has 2 aromatic heterocycles. The number of furan rings is 1. The van der Waals surface area contributed by atoms with Gasteiger partial charge >= 0.3 is 0 Å². The number of likely N-dealkylation sites (tertiary alicyclic amines) is 1. The number of thioether (sulfide) groups is 1. The molecule has 0 bridgehead atoms. The van der Waals surface area contributed by atoms with Crippen LogP contribution >= 0.6 is 23.1 Å². The van der Waals surface area contributed by atoms with Crippen molar-refractivity contribution in [3.05, 3.63) is 53.1 Å². The summed E-state index contributed by atoms with van der Waals surface area (Å²) >= 11 is 3.42. The van der Waals surface area contributed by atoms with Gasteiger partial charge in [0.05, 0.1) is 4.21 Å². The van der Waals surface area contributed by atoms with Gasteiger partial charge in [0.15, 0.2) is 5.76 Å². The molecule has 1 aliphatic rings. The lowest BCUT2D eigenvalue weighted by Crippen LogP contribution is -2.49. The largest absolute Gasteiger partial charge is 0.451 e. The lowest BCUT2D eigenvalue weighted by atomic mass is 10.0. The van der Waals surface area contributed by atoms with E-state index in [0.29, 0.717) is 31.0 Å². The molecule has 1 saturated heterocycles. The molecule has 29 heavy (non-hydrogen) atoms. The average Bonchev–Trinajstić information content (AvgIpc) is 3.39. The molecule has 1 fully saturated rings. The van der Waals surface area contributed by atoms with Crippen LogP contribution < -0.4 is 5.32 Å². The van der Waals surface area contributed by atoms with E-state index in [1.807, 2.05) is 42.2 Å². The molecule has 152 valence electrons. The first-order chi connectivity index (χ1) is 14.2. The Hall–Kier alpha value is -2.25. The number of fused-ring (bicyclic) bond motifs is 1. The molecule has 7 heteroatoms. The number of carbonyl (C=O) groups excluding carboxylic acids is 2. The summed E-state index contributed by atoms with van der Waals surface area (Å²) < 4.78 is 7.25. The topological polar surface area (TPSA) is 62.6 Å². The molecule has 0 spiro atoms. The predicted octanol–water partition coefficient (Wildman–Crippen LogP) is 4.92. The van der Waals surface area contributed by atoms with Crippen molar-refractivity contribution >= 4 is 45.9 Å². The number of thiophene rings is 1. The molecule has 0 radical (unpaired) electrons. The number of nitrogens with zero attached hydrogens (tertiary/aromatic N) is 1. The van der Waals surface area contributed by atoms with Crippen molar-refractivity contribution in [1.29, 1.82) is 0 Å². The van der Waals surface area contributed by atoms with E-state index in [1.165, 1.54) is 4.21 Å². The molecular formula is C22H24N2O3S2. The summed E-state index contributed by atoms with van der Waals surface area (Å²) in [5.41, 5.74) is 1.69. The SMILES string of the molecule is CCC(=O)NC1CCCN(C(=O)c2oc3ccccc3c2CSc2cccs2)C1. The molecule has 2 amide bonds. The van der Waals surface area contributed by atoms with Gasteiger partial charge in [-0.25, -0.2) is 0 Å². The van der Waals surface area contributed by atoms with Crippen LogP contribution in [0.25, 0.3) is 11.0 Å². The van der Waals surface area contributed by atoms with Gasteiger partial charge in [-0.05, 0) is 30.4 Å². The van der Waals surface area contributed by atoms with Crippen LogP contribution in [0.4, 0.5) is 0 Å². The maximum atomic E-state index is 13.4. The zero-order valence-electron chi connectivity index (χ0n) is 16.3. The number of para-hydroxylation sites is 1. The van der Waals surface area contributed by atoms with Crippen LogP contribution in [-0.2, 0) is 10.5 Å². The van der Waals surface area contributed by atoms with Crippen molar-refractivity contribution in [3.8, 4) is 0 Å². The van der Waals surface area contributed by atoms with Gasteiger partial charge in [-0.15, -0.1) is 23.1 Å². The Morgan fingerprint density at radius 2 is 2.14 bits per heavy atom. The van der Waals surface area contributed by atoms with Crippen molar-refractivity contribution < 1.29 is 14.0 Å². The fraction of sp³-hybridized carbons (Fsp3) is 0.364. The quantitative estimate of drug-likeness (QED) is 0.566. The molecule has 1 aromatic carbocycles. The normalized spacial score (nSPS) is 16.9. The Morgan fingerprint density at radius 1 is 1.28 bits per heavy atom. The van der Waals surface area contributed by atoms with Crippen LogP contribution in [0.2, 0.25) is 0 Å². The lowest BCUT2D eigenvalue weighted by Gasteiger charge is -2.32. The maximum absolute atomic E-state index is 13.4. The summed E-state index contributed by atoms with van der Waals surface area (Å²) in [6.45, 7) is 3.05. The van der Waals surface area contributed by atoms with Gasteiger partial charge < -0.3 is 14.6 Å². The Labute approximate surface area is 178 Å². The number of amides is 2. The number of nitrogens with one attached hydrogen (secondary N) is 1. The smallest absolute Gasteiger partial charge is 0.290 e. The van der Waals surface area contributed by atoms with Crippen LogP contribution in [0.1, 0.15) is 42.3 Å². The van der Waals surface area contributed by atoms with E-state index in [1.54, 1.807) is 23.1 Å². The van der Waals surface area contributed by atoms with Gasteiger partial charge in [-0.2, -0.15) is 0 Å². The van der Waals surface area contributed by atoms with Gasteiger partial charge in [-0.1, -0.05) is 31.2 Å². The maximum Gasteiger partial charge on any atom is 0.290 e. The molecule has 0 saturated carbocycles. The third kappa shape index (κ3) is 4.51. The minimum Gasteiger partial charge on any atom is -0.451 e. The number of hydrogen-bond acceptors (Lipinski definition) is 5. The summed E-state index contributed by atoms with van der Waals surface area (Å²) in [6, 6.07) is 12.0. The van der Waals surface area contributed by atoms with Crippen molar-refractivity contribution in [2.24, 2.45) is 0 Å². The van der Waals surface area contributed by atoms with Crippen molar-refractivity contribution in [2.75, 3.05) is 13.1 Å². The van der Waals surface area contributed by atoms with E-state index < -0.39 is 0 Å². The number of piperidine rings is 1. The van der Waals surface area contributed by atoms with E-state index >= 15 is 0 Å². The average molecular weight is 429 g/mol. The van der Waals surface area contributed by atoms with Gasteiger partial charge in [-0.3, -0.25) is 9.59 Å². The summed E-state index contributed by atoms with van der Waals surface area (Å²) in [5.74, 6) is 1.06. The Balaban J connectivity index is 1.57. The lowest BCUT2D eigenvalue weighted by molar-refractivity contribution is -0.121. The molecule has 1 unspecified atom stereocenters. The van der Waals surface area contributed by atoms with Gasteiger partial charge in [0.1, 0.15) is 5.58 Å². The van der Waals surface area contributed by atoms with Crippen molar-refractivity contribution in [2.45, 2.75) is 42.2 Å². The Kier molecular flexibility index (Phi) is 6.25. The first-order valence-electron chi connectivity index (χ1n) is 9.91. The van der Waals surface area contributed by atoms with E-state index in [2.05, 4.69) is 16.8 Å². The van der Waals surface area contributed by atoms with E-state index in [9.17, 15) is 9.59 Å². The number of benzene rings is 1. The third-order valence-corrected chi connectivity index (χ3v) is 7.30. The molecule has 1 aliphatic heterocycles. The molecule has 1 N–H and O–H groups in total. The molecule has 5 nitrogen and oxygen atoms in total. The fourth-order valence-corrected chi connectivity index (χ4v) is 5.47. The second-order valence-corrected chi connectivity index (χ2v) is 9.36. The van der Waals surface area contributed by atoms with Gasteiger partial charge in [0.25, 0.3) is 5.91 Å². The monoisotopic (exact) mass is 428 g/mol. The summed E-state index contributed by atoms with van der Waals surface area (Å²) in [5, 5.41) is 6.07. The summed E-state index contributed by atoms with van der Waals surface area (Å²) in [4.78, 5) is 26.9.